The molecule has 1 atom stereocenters. The molecule has 1 saturated heterocycles. The zero-order valence-electron chi connectivity index (χ0n) is 11.2. The molecule has 2 rings (SSSR count). The van der Waals surface area contributed by atoms with E-state index in [2.05, 4.69) is 0 Å². The van der Waals surface area contributed by atoms with Crippen molar-refractivity contribution < 1.29 is 14.8 Å². The van der Waals surface area contributed by atoms with Gasteiger partial charge in [0.15, 0.2) is 0 Å². The van der Waals surface area contributed by atoms with Crippen molar-refractivity contribution >= 4 is 11.7 Å². The van der Waals surface area contributed by atoms with Crippen molar-refractivity contribution in [1.82, 2.24) is 4.90 Å². The Morgan fingerprint density at radius 1 is 1.35 bits per heavy atom. The minimum atomic E-state index is -0.756. The van der Waals surface area contributed by atoms with Crippen molar-refractivity contribution in [1.29, 1.82) is 0 Å². The molecule has 1 heterocycles. The van der Waals surface area contributed by atoms with Crippen LogP contribution in [0.1, 0.15) is 24.8 Å². The fraction of sp³-hybridized carbons (Fsp3) is 0.500. The first-order valence-electron chi connectivity index (χ1n) is 6.78. The highest BCUT2D eigenvalue weighted by molar-refractivity contribution is 5.73. The number of carboxylic acid groups (broad SMARTS) is 1. The van der Waals surface area contributed by atoms with Gasteiger partial charge in [0, 0.05) is 18.7 Å². The molecule has 0 aliphatic carbocycles. The van der Waals surface area contributed by atoms with Crippen LogP contribution < -0.4 is 0 Å². The Kier molecular flexibility index (Phi) is 4.68. The van der Waals surface area contributed by atoms with E-state index >= 15 is 0 Å². The Morgan fingerprint density at radius 3 is 2.65 bits per heavy atom. The minimum Gasteiger partial charge on any atom is -0.480 e. The molecule has 6 heteroatoms. The van der Waals surface area contributed by atoms with Gasteiger partial charge >= 0.3 is 5.97 Å². The first kappa shape index (κ1) is 14.5. The number of carboxylic acids is 1. The molecule has 1 aromatic rings. The zero-order valence-corrected chi connectivity index (χ0v) is 11.2. The van der Waals surface area contributed by atoms with Crippen LogP contribution in [0.25, 0.3) is 0 Å². The Morgan fingerprint density at radius 2 is 2.05 bits per heavy atom. The number of non-ortho nitro benzene ring substituents is 1. The number of rotatable bonds is 5. The van der Waals surface area contributed by atoms with Crippen molar-refractivity contribution in [3.63, 3.8) is 0 Å². The van der Waals surface area contributed by atoms with Crippen LogP contribution in [0.2, 0.25) is 0 Å². The molecular formula is C14H18N2O4. The van der Waals surface area contributed by atoms with Crippen LogP contribution >= 0.6 is 0 Å². The second kappa shape index (κ2) is 6.47. The van der Waals surface area contributed by atoms with E-state index in [4.69, 9.17) is 0 Å². The van der Waals surface area contributed by atoms with Gasteiger partial charge in [0.1, 0.15) is 6.04 Å². The summed E-state index contributed by atoms with van der Waals surface area (Å²) in [6.45, 7) is 1.48. The SMILES string of the molecule is O=C(O)C1CCCCN1CCc1ccc([N+](=O)[O-])cc1. The summed E-state index contributed by atoms with van der Waals surface area (Å²) in [5, 5.41) is 19.8. The normalized spacial score (nSPS) is 19.7. The molecular weight excluding hydrogens is 260 g/mol. The van der Waals surface area contributed by atoms with E-state index in [1.165, 1.54) is 12.1 Å². The van der Waals surface area contributed by atoms with E-state index < -0.39 is 10.9 Å². The van der Waals surface area contributed by atoms with Gasteiger partial charge in [-0.2, -0.15) is 0 Å². The van der Waals surface area contributed by atoms with Crippen LogP contribution in [-0.4, -0.2) is 40.0 Å². The molecule has 20 heavy (non-hydrogen) atoms. The molecule has 0 bridgehead atoms. The molecule has 0 spiro atoms. The third-order valence-electron chi connectivity index (χ3n) is 3.73. The quantitative estimate of drug-likeness (QED) is 0.658. The van der Waals surface area contributed by atoms with Gasteiger partial charge in [0.2, 0.25) is 0 Å². The zero-order chi connectivity index (χ0) is 14.5. The van der Waals surface area contributed by atoms with E-state index in [0.29, 0.717) is 19.4 Å². The molecule has 0 aromatic heterocycles. The van der Waals surface area contributed by atoms with Gasteiger partial charge in [-0.25, -0.2) is 0 Å². The lowest BCUT2D eigenvalue weighted by Crippen LogP contribution is -2.45. The third-order valence-corrected chi connectivity index (χ3v) is 3.73. The number of nitro groups is 1. The molecule has 0 amide bonds. The number of carbonyl (C=O) groups is 1. The second-order valence-corrected chi connectivity index (χ2v) is 5.06. The summed E-state index contributed by atoms with van der Waals surface area (Å²) in [5.74, 6) is -0.756. The molecule has 0 radical (unpaired) electrons. The minimum absolute atomic E-state index is 0.0788. The summed E-state index contributed by atoms with van der Waals surface area (Å²) in [6, 6.07) is 6.05. The van der Waals surface area contributed by atoms with Crippen molar-refractivity contribution in [2.75, 3.05) is 13.1 Å². The lowest BCUT2D eigenvalue weighted by molar-refractivity contribution is -0.384. The standard InChI is InChI=1S/C14H18N2O4/c17-14(18)13-3-1-2-9-15(13)10-8-11-4-6-12(7-5-11)16(19)20/h4-7,13H,1-3,8-10H2,(H,17,18). The van der Waals surface area contributed by atoms with E-state index in [1.54, 1.807) is 12.1 Å². The maximum Gasteiger partial charge on any atom is 0.320 e. The maximum absolute atomic E-state index is 11.2. The van der Waals surface area contributed by atoms with E-state index in [0.717, 1.165) is 24.9 Å². The van der Waals surface area contributed by atoms with Crippen LogP contribution in [0.4, 0.5) is 5.69 Å². The molecule has 1 aromatic carbocycles. The van der Waals surface area contributed by atoms with Crippen molar-refractivity contribution in [3.05, 3.63) is 39.9 Å². The Bertz CT molecular complexity index is 486. The number of likely N-dealkylation sites (tertiary alicyclic amines) is 1. The van der Waals surface area contributed by atoms with Gasteiger partial charge < -0.3 is 5.11 Å². The fourth-order valence-corrected chi connectivity index (χ4v) is 2.60. The molecule has 1 aliphatic rings. The second-order valence-electron chi connectivity index (χ2n) is 5.06. The Balaban J connectivity index is 1.93. The molecule has 1 unspecified atom stereocenters. The third kappa shape index (κ3) is 3.54. The van der Waals surface area contributed by atoms with Crippen LogP contribution in [0, 0.1) is 10.1 Å². The van der Waals surface area contributed by atoms with Crippen molar-refractivity contribution in [2.24, 2.45) is 0 Å². The highest BCUT2D eigenvalue weighted by Crippen LogP contribution is 2.18. The Labute approximate surface area is 117 Å². The van der Waals surface area contributed by atoms with E-state index in [9.17, 15) is 20.0 Å². The summed E-state index contributed by atoms with van der Waals surface area (Å²) in [4.78, 5) is 23.3. The summed E-state index contributed by atoms with van der Waals surface area (Å²) in [7, 11) is 0. The topological polar surface area (TPSA) is 83.7 Å². The number of hydrogen-bond acceptors (Lipinski definition) is 4. The van der Waals surface area contributed by atoms with Crippen LogP contribution in [0.5, 0.6) is 0 Å². The predicted octanol–water partition coefficient (Wildman–Crippen LogP) is 2.08. The monoisotopic (exact) mass is 278 g/mol. The average Bonchev–Trinajstić information content (AvgIpc) is 2.45. The fourth-order valence-electron chi connectivity index (χ4n) is 2.60. The number of piperidine rings is 1. The molecule has 1 fully saturated rings. The van der Waals surface area contributed by atoms with Crippen molar-refractivity contribution in [2.45, 2.75) is 31.7 Å². The number of nitrogens with zero attached hydrogens (tertiary/aromatic N) is 2. The van der Waals surface area contributed by atoms with Gasteiger partial charge in [-0.05, 0) is 31.4 Å². The summed E-state index contributed by atoms with van der Waals surface area (Å²) in [6.07, 6.45) is 3.41. The summed E-state index contributed by atoms with van der Waals surface area (Å²) in [5.41, 5.74) is 1.07. The van der Waals surface area contributed by atoms with Crippen LogP contribution in [0.15, 0.2) is 24.3 Å². The largest absolute Gasteiger partial charge is 0.480 e. The van der Waals surface area contributed by atoms with E-state index in [1.807, 2.05) is 4.90 Å². The number of aliphatic carboxylic acids is 1. The van der Waals surface area contributed by atoms with Crippen molar-refractivity contribution in [3.8, 4) is 0 Å². The summed E-state index contributed by atoms with van der Waals surface area (Å²) >= 11 is 0. The van der Waals surface area contributed by atoms with Gasteiger partial charge in [0.25, 0.3) is 5.69 Å². The Hall–Kier alpha value is -1.95. The highest BCUT2D eigenvalue weighted by Gasteiger charge is 2.27. The van der Waals surface area contributed by atoms with Crippen LogP contribution in [-0.2, 0) is 11.2 Å². The molecule has 0 saturated carbocycles. The van der Waals surface area contributed by atoms with Gasteiger partial charge in [0.05, 0.1) is 4.92 Å². The lowest BCUT2D eigenvalue weighted by atomic mass is 10.0. The molecule has 1 N–H and O–H groups in total. The maximum atomic E-state index is 11.2. The molecule has 6 nitrogen and oxygen atoms in total. The summed E-state index contributed by atoms with van der Waals surface area (Å²) < 4.78 is 0. The van der Waals surface area contributed by atoms with Crippen LogP contribution in [0.3, 0.4) is 0 Å². The van der Waals surface area contributed by atoms with Gasteiger partial charge in [-0.3, -0.25) is 19.8 Å². The molecule has 108 valence electrons. The average molecular weight is 278 g/mol. The number of benzene rings is 1. The number of hydrogen-bond donors (Lipinski definition) is 1. The lowest BCUT2D eigenvalue weighted by Gasteiger charge is -2.32. The first-order chi connectivity index (χ1) is 9.58. The predicted molar refractivity (Wildman–Crippen MR) is 73.6 cm³/mol. The first-order valence-corrected chi connectivity index (χ1v) is 6.78. The molecule has 1 aliphatic heterocycles. The van der Waals surface area contributed by atoms with E-state index in [-0.39, 0.29) is 11.7 Å². The van der Waals surface area contributed by atoms with Gasteiger partial charge in [-0.15, -0.1) is 0 Å². The number of nitro benzene ring substituents is 1. The van der Waals surface area contributed by atoms with Gasteiger partial charge in [-0.1, -0.05) is 18.6 Å². The smallest absolute Gasteiger partial charge is 0.320 e. The highest BCUT2D eigenvalue weighted by atomic mass is 16.6.